The van der Waals surface area contributed by atoms with Crippen LogP contribution in [0.1, 0.15) is 39.2 Å². The van der Waals surface area contributed by atoms with E-state index in [1.54, 1.807) is 17.8 Å². The molecule has 36 heavy (non-hydrogen) atoms. The van der Waals surface area contributed by atoms with Crippen LogP contribution in [0.4, 0.5) is 0 Å². The van der Waals surface area contributed by atoms with Gasteiger partial charge in [-0.05, 0) is 29.9 Å². The normalized spacial score (nSPS) is 15.6. The third-order valence-corrected chi connectivity index (χ3v) is 8.87. The van der Waals surface area contributed by atoms with Gasteiger partial charge in [-0.2, -0.15) is 16.1 Å². The molecular weight excluding hydrogens is 500 g/mol. The quantitative estimate of drug-likeness (QED) is 0.377. The summed E-state index contributed by atoms with van der Waals surface area (Å²) in [6.07, 6.45) is 2.39. The summed E-state index contributed by atoms with van der Waals surface area (Å²) < 4.78 is 39.8. The Kier molecular flexibility index (Phi) is 9.68. The van der Waals surface area contributed by atoms with Gasteiger partial charge < -0.3 is 19.9 Å². The van der Waals surface area contributed by atoms with E-state index in [1.165, 1.54) is 16.4 Å². The van der Waals surface area contributed by atoms with Crippen molar-refractivity contribution in [3.8, 4) is 11.5 Å². The van der Waals surface area contributed by atoms with Crippen molar-refractivity contribution < 1.29 is 27.8 Å². The molecule has 8 nitrogen and oxygen atoms in total. The van der Waals surface area contributed by atoms with Gasteiger partial charge in [0.2, 0.25) is 22.7 Å². The standard InChI is InChI=1S/C26H36N2O6S2/c1-19(2)17-28(36(31,32)22-10-11-23-24(15-22)34-18-33-23)26(30,16-21-8-6-5-7-9-21)12-13-27-25(29)14-20(3)35-4/h5-11,15,19-20,30H,12-14,16-18H2,1-4H3,(H,27,29). The predicted molar refractivity (Wildman–Crippen MR) is 142 cm³/mol. The molecule has 3 rings (SSSR count). The van der Waals surface area contributed by atoms with Crippen LogP contribution in [0, 0.1) is 5.92 Å². The minimum Gasteiger partial charge on any atom is -0.454 e. The van der Waals surface area contributed by atoms with E-state index in [9.17, 15) is 18.3 Å². The molecule has 0 saturated heterocycles. The van der Waals surface area contributed by atoms with Crippen LogP contribution in [0.25, 0.3) is 0 Å². The highest BCUT2D eigenvalue weighted by atomic mass is 32.2. The first-order chi connectivity index (χ1) is 17.0. The molecule has 1 aliphatic rings. The van der Waals surface area contributed by atoms with Gasteiger partial charge in [-0.3, -0.25) is 4.79 Å². The Labute approximate surface area is 218 Å². The molecule has 0 saturated carbocycles. The summed E-state index contributed by atoms with van der Waals surface area (Å²) in [4.78, 5) is 12.4. The average molecular weight is 537 g/mol. The Morgan fingerprint density at radius 2 is 1.83 bits per heavy atom. The zero-order valence-corrected chi connectivity index (χ0v) is 22.9. The van der Waals surface area contributed by atoms with Gasteiger partial charge in [0.1, 0.15) is 5.72 Å². The van der Waals surface area contributed by atoms with Crippen molar-refractivity contribution in [2.45, 2.75) is 55.9 Å². The van der Waals surface area contributed by atoms with E-state index in [0.717, 1.165) is 5.56 Å². The first kappa shape index (κ1) is 28.3. The van der Waals surface area contributed by atoms with E-state index < -0.39 is 15.7 Å². The number of nitrogens with zero attached hydrogens (tertiary/aromatic N) is 1. The summed E-state index contributed by atoms with van der Waals surface area (Å²) in [6, 6.07) is 13.7. The van der Waals surface area contributed by atoms with Crippen molar-refractivity contribution in [3.05, 3.63) is 54.1 Å². The maximum Gasteiger partial charge on any atom is 0.245 e. The lowest BCUT2D eigenvalue weighted by molar-refractivity contribution is -0.121. The highest BCUT2D eigenvalue weighted by Gasteiger charge is 2.43. The van der Waals surface area contributed by atoms with E-state index >= 15 is 0 Å². The number of sulfonamides is 1. The number of carbonyl (C=O) groups is 1. The molecule has 198 valence electrons. The topological polar surface area (TPSA) is 105 Å². The molecule has 0 spiro atoms. The van der Waals surface area contributed by atoms with Crippen LogP contribution in [0.3, 0.4) is 0 Å². The number of thioether (sulfide) groups is 1. The maximum atomic E-state index is 14.0. The number of amides is 1. The van der Waals surface area contributed by atoms with Crippen molar-refractivity contribution in [1.29, 1.82) is 0 Å². The molecule has 1 amide bonds. The second-order valence-electron chi connectivity index (χ2n) is 9.44. The number of ether oxygens (including phenoxy) is 2. The molecule has 2 unspecified atom stereocenters. The SMILES string of the molecule is CSC(C)CC(=O)NCCC(O)(Cc1ccccc1)N(CC(C)C)S(=O)(=O)c1ccc2c(c1)OCO2. The largest absolute Gasteiger partial charge is 0.454 e. The molecule has 0 bridgehead atoms. The number of fused-ring (bicyclic) bond motifs is 1. The van der Waals surface area contributed by atoms with Crippen LogP contribution in [-0.2, 0) is 21.2 Å². The molecule has 2 aromatic carbocycles. The van der Waals surface area contributed by atoms with Gasteiger partial charge in [-0.15, -0.1) is 0 Å². The molecule has 10 heteroatoms. The average Bonchev–Trinajstić information content (AvgIpc) is 3.31. The number of benzene rings is 2. The lowest BCUT2D eigenvalue weighted by Gasteiger charge is -2.40. The Balaban J connectivity index is 1.94. The third kappa shape index (κ3) is 7.15. The highest BCUT2D eigenvalue weighted by molar-refractivity contribution is 7.99. The van der Waals surface area contributed by atoms with E-state index in [4.69, 9.17) is 9.47 Å². The summed E-state index contributed by atoms with van der Waals surface area (Å²) in [5.74, 6) is 0.634. The Morgan fingerprint density at radius 1 is 1.14 bits per heavy atom. The van der Waals surface area contributed by atoms with E-state index in [-0.39, 0.29) is 54.7 Å². The first-order valence-corrected chi connectivity index (χ1v) is 14.8. The molecule has 2 atom stereocenters. The monoisotopic (exact) mass is 536 g/mol. The van der Waals surface area contributed by atoms with Gasteiger partial charge in [0.25, 0.3) is 0 Å². The summed E-state index contributed by atoms with van der Waals surface area (Å²) in [6.45, 7) is 6.03. The Morgan fingerprint density at radius 3 is 2.50 bits per heavy atom. The summed E-state index contributed by atoms with van der Waals surface area (Å²) in [5, 5.41) is 15.1. The third-order valence-electron chi connectivity index (χ3n) is 5.98. The van der Waals surface area contributed by atoms with Crippen LogP contribution in [0.5, 0.6) is 11.5 Å². The molecule has 0 aromatic heterocycles. The molecule has 0 aliphatic carbocycles. The number of aliphatic hydroxyl groups is 1. The summed E-state index contributed by atoms with van der Waals surface area (Å²) in [5.41, 5.74) is -0.990. The summed E-state index contributed by atoms with van der Waals surface area (Å²) >= 11 is 1.60. The van der Waals surface area contributed by atoms with Gasteiger partial charge >= 0.3 is 0 Å². The van der Waals surface area contributed by atoms with E-state index in [1.807, 2.05) is 57.4 Å². The van der Waals surface area contributed by atoms with Gasteiger partial charge in [0.05, 0.1) is 4.90 Å². The lowest BCUT2D eigenvalue weighted by atomic mass is 9.98. The van der Waals surface area contributed by atoms with Crippen molar-refractivity contribution in [1.82, 2.24) is 9.62 Å². The highest BCUT2D eigenvalue weighted by Crippen LogP contribution is 2.37. The smallest absolute Gasteiger partial charge is 0.245 e. The number of carbonyl (C=O) groups excluding carboxylic acids is 1. The number of hydrogen-bond acceptors (Lipinski definition) is 7. The van der Waals surface area contributed by atoms with E-state index in [2.05, 4.69) is 5.32 Å². The Bertz CT molecular complexity index is 1130. The van der Waals surface area contributed by atoms with Crippen LogP contribution in [0.2, 0.25) is 0 Å². The molecule has 2 aromatic rings. The second kappa shape index (κ2) is 12.3. The minimum absolute atomic E-state index is 0.0108. The lowest BCUT2D eigenvalue weighted by Crippen LogP contribution is -2.55. The van der Waals surface area contributed by atoms with E-state index in [0.29, 0.717) is 17.9 Å². The second-order valence-corrected chi connectivity index (χ2v) is 12.6. The van der Waals surface area contributed by atoms with Crippen LogP contribution in [-0.4, -0.2) is 60.8 Å². The van der Waals surface area contributed by atoms with Crippen LogP contribution < -0.4 is 14.8 Å². The Hall–Kier alpha value is -2.27. The molecule has 2 N–H and O–H groups in total. The predicted octanol–water partition coefficient (Wildman–Crippen LogP) is 3.64. The van der Waals surface area contributed by atoms with Crippen molar-refractivity contribution in [2.75, 3.05) is 26.1 Å². The fourth-order valence-corrected chi connectivity index (χ4v) is 6.20. The van der Waals surface area contributed by atoms with Gasteiger partial charge in [-0.25, -0.2) is 8.42 Å². The summed E-state index contributed by atoms with van der Waals surface area (Å²) in [7, 11) is -4.14. The van der Waals surface area contributed by atoms with Gasteiger partial charge in [0.15, 0.2) is 11.5 Å². The molecule has 0 fully saturated rings. The van der Waals surface area contributed by atoms with Crippen molar-refractivity contribution >= 4 is 27.7 Å². The van der Waals surface area contributed by atoms with Gasteiger partial charge in [0, 0.05) is 43.7 Å². The van der Waals surface area contributed by atoms with Crippen molar-refractivity contribution in [2.24, 2.45) is 5.92 Å². The number of hydrogen-bond donors (Lipinski definition) is 2. The zero-order valence-electron chi connectivity index (χ0n) is 21.3. The van der Waals surface area contributed by atoms with Crippen LogP contribution in [0.15, 0.2) is 53.4 Å². The zero-order chi connectivity index (χ0) is 26.3. The molecular formula is C26H36N2O6S2. The number of rotatable bonds is 13. The van der Waals surface area contributed by atoms with Crippen LogP contribution >= 0.6 is 11.8 Å². The maximum absolute atomic E-state index is 14.0. The molecule has 1 aliphatic heterocycles. The molecule has 1 heterocycles. The fraction of sp³-hybridized carbons (Fsp3) is 0.500. The minimum atomic E-state index is -4.14. The molecule has 0 radical (unpaired) electrons. The van der Waals surface area contributed by atoms with Crippen molar-refractivity contribution in [3.63, 3.8) is 0 Å². The first-order valence-electron chi connectivity index (χ1n) is 12.0. The fourth-order valence-electron chi connectivity index (χ4n) is 4.03. The van der Waals surface area contributed by atoms with Gasteiger partial charge in [-0.1, -0.05) is 51.1 Å². The number of nitrogens with one attached hydrogen (secondary N) is 1.